The molecule has 68 valence electrons. The summed E-state index contributed by atoms with van der Waals surface area (Å²) in [7, 11) is 0. The van der Waals surface area contributed by atoms with Crippen molar-refractivity contribution in [3.63, 3.8) is 0 Å². The van der Waals surface area contributed by atoms with Gasteiger partial charge in [0.25, 0.3) is 0 Å². The summed E-state index contributed by atoms with van der Waals surface area (Å²) in [6.07, 6.45) is 2.16. The molecule has 5 heteroatoms. The van der Waals surface area contributed by atoms with E-state index in [1.165, 1.54) is 0 Å². The lowest BCUT2D eigenvalue weighted by atomic mass is 10.1. The van der Waals surface area contributed by atoms with Gasteiger partial charge in [-0.2, -0.15) is 9.90 Å². The Hall–Kier alpha value is -0.180. The number of carboxylic acid groups (broad SMARTS) is 1. The molecule has 11 heavy (non-hydrogen) atoms. The second kappa shape index (κ2) is 7.92. The van der Waals surface area contributed by atoms with E-state index in [-0.39, 0.29) is 9.90 Å². The van der Waals surface area contributed by atoms with E-state index >= 15 is 0 Å². The molecule has 0 aliphatic heterocycles. The summed E-state index contributed by atoms with van der Waals surface area (Å²) in [6.45, 7) is 0.604. The fraction of sp³-hybridized carbons (Fsp3) is 0.833. The van der Waals surface area contributed by atoms with E-state index in [0.29, 0.717) is 13.0 Å². The molecule has 0 saturated carbocycles. The topological polar surface area (TPSA) is 89.3 Å². The van der Waals surface area contributed by atoms with Gasteiger partial charge < -0.3 is 16.6 Å². The number of unbranched alkanes of at least 4 members (excludes halogenated alkanes) is 1. The minimum atomic E-state index is -0.933. The van der Waals surface area contributed by atoms with E-state index in [4.69, 9.17) is 16.6 Å². The molecule has 0 aliphatic carbocycles. The summed E-state index contributed by atoms with van der Waals surface area (Å²) in [5, 5.41) is 8.33. The summed E-state index contributed by atoms with van der Waals surface area (Å²) in [5.74, 6) is -0.933. The summed E-state index contributed by atoms with van der Waals surface area (Å²) in [5.41, 5.74) is 10.4. The van der Waals surface area contributed by atoms with Gasteiger partial charge in [0, 0.05) is 0 Å². The Morgan fingerprint density at radius 2 is 2.00 bits per heavy atom. The third-order valence-corrected chi connectivity index (χ3v) is 1.29. The molecular formula is C6H17N2O2P. The highest BCUT2D eigenvalue weighted by Gasteiger charge is 2.09. The van der Waals surface area contributed by atoms with Crippen molar-refractivity contribution in [3.05, 3.63) is 0 Å². The monoisotopic (exact) mass is 180 g/mol. The number of hydrogen-bond donors (Lipinski definition) is 3. The van der Waals surface area contributed by atoms with Crippen molar-refractivity contribution in [1.29, 1.82) is 0 Å². The van der Waals surface area contributed by atoms with Gasteiger partial charge in [0.05, 0.1) is 0 Å². The molecule has 0 bridgehead atoms. The molecule has 0 aliphatic rings. The minimum absolute atomic E-state index is 0. The highest BCUT2D eigenvalue weighted by molar-refractivity contribution is 6.92. The first kappa shape index (κ1) is 13.4. The van der Waals surface area contributed by atoms with Gasteiger partial charge in [-0.15, -0.1) is 0 Å². The number of carboxylic acids is 1. The fourth-order valence-electron chi connectivity index (χ4n) is 0.632. The average molecular weight is 180 g/mol. The molecule has 0 aromatic carbocycles. The first-order chi connectivity index (χ1) is 4.68. The highest BCUT2D eigenvalue weighted by Crippen LogP contribution is 1.96. The summed E-state index contributed by atoms with van der Waals surface area (Å²) in [6, 6.07) is -0.716. The van der Waals surface area contributed by atoms with Crippen LogP contribution in [0.25, 0.3) is 0 Å². The number of hydrogen-bond acceptors (Lipinski definition) is 3. The second-order valence-corrected chi connectivity index (χ2v) is 2.23. The first-order valence-corrected chi connectivity index (χ1v) is 3.37. The average Bonchev–Trinajstić information content (AvgIpc) is 1.88. The Bertz CT molecular complexity index is 111. The number of carbonyl (C=O) groups is 1. The Labute approximate surface area is 70.0 Å². The van der Waals surface area contributed by atoms with Crippen molar-refractivity contribution in [2.75, 3.05) is 6.54 Å². The summed E-state index contributed by atoms with van der Waals surface area (Å²) < 4.78 is 0. The smallest absolute Gasteiger partial charge is 0.320 e. The number of aliphatic carboxylic acids is 1. The largest absolute Gasteiger partial charge is 0.480 e. The van der Waals surface area contributed by atoms with Crippen molar-refractivity contribution < 1.29 is 9.90 Å². The van der Waals surface area contributed by atoms with Gasteiger partial charge >= 0.3 is 5.97 Å². The van der Waals surface area contributed by atoms with Crippen molar-refractivity contribution >= 4 is 15.9 Å². The molecule has 0 rings (SSSR count). The van der Waals surface area contributed by atoms with Crippen LogP contribution in [-0.4, -0.2) is 23.7 Å². The van der Waals surface area contributed by atoms with E-state index in [9.17, 15) is 4.79 Å². The molecule has 5 N–H and O–H groups in total. The zero-order valence-electron chi connectivity index (χ0n) is 6.62. The minimum Gasteiger partial charge on any atom is -0.480 e. The molecule has 0 aromatic heterocycles. The molecule has 0 aromatic rings. The molecule has 0 radical (unpaired) electrons. The van der Waals surface area contributed by atoms with Crippen LogP contribution in [0.5, 0.6) is 0 Å². The van der Waals surface area contributed by atoms with Crippen LogP contribution in [0.2, 0.25) is 0 Å². The Kier molecular flexibility index (Phi) is 9.66. The van der Waals surface area contributed by atoms with E-state index in [1.54, 1.807) is 0 Å². The third kappa shape index (κ3) is 7.72. The lowest BCUT2D eigenvalue weighted by Crippen LogP contribution is -2.29. The van der Waals surface area contributed by atoms with Crippen LogP contribution in [0.3, 0.4) is 0 Å². The standard InChI is InChI=1S/C6H14N2O2.H3P/c7-4-2-1-3-5(8)6(9)10;/h5H,1-4,7-8H2,(H,9,10);1H3/t5-;/m0./s1. The lowest BCUT2D eigenvalue weighted by Gasteiger charge is -2.03. The first-order valence-electron chi connectivity index (χ1n) is 3.37. The summed E-state index contributed by atoms with van der Waals surface area (Å²) >= 11 is 0. The number of rotatable bonds is 5. The van der Waals surface area contributed by atoms with Crippen LogP contribution in [0, 0.1) is 0 Å². The quantitative estimate of drug-likeness (QED) is 0.396. The molecule has 2 atom stereocenters. The van der Waals surface area contributed by atoms with E-state index in [0.717, 1.165) is 12.8 Å². The molecule has 0 spiro atoms. The van der Waals surface area contributed by atoms with Crippen LogP contribution in [0.4, 0.5) is 0 Å². The highest BCUT2D eigenvalue weighted by atomic mass is 31.0. The van der Waals surface area contributed by atoms with Crippen LogP contribution in [-0.2, 0) is 4.79 Å². The molecule has 0 saturated heterocycles. The Morgan fingerprint density at radius 3 is 2.36 bits per heavy atom. The molecule has 4 nitrogen and oxygen atoms in total. The lowest BCUT2D eigenvalue weighted by molar-refractivity contribution is -0.138. The Morgan fingerprint density at radius 1 is 1.45 bits per heavy atom. The van der Waals surface area contributed by atoms with E-state index in [2.05, 4.69) is 0 Å². The zero-order valence-corrected chi connectivity index (χ0v) is 8.04. The van der Waals surface area contributed by atoms with Gasteiger partial charge in [0.15, 0.2) is 0 Å². The van der Waals surface area contributed by atoms with Crippen molar-refractivity contribution in [2.24, 2.45) is 11.5 Å². The zero-order chi connectivity index (χ0) is 7.98. The second-order valence-electron chi connectivity index (χ2n) is 2.23. The van der Waals surface area contributed by atoms with Gasteiger partial charge in [-0.1, -0.05) is 6.42 Å². The maximum absolute atomic E-state index is 10.1. The fourth-order valence-corrected chi connectivity index (χ4v) is 0.632. The SMILES string of the molecule is NCCCC[C@H](N)C(=O)O.P. The van der Waals surface area contributed by atoms with E-state index < -0.39 is 12.0 Å². The van der Waals surface area contributed by atoms with Gasteiger partial charge in [0.1, 0.15) is 6.04 Å². The Balaban J connectivity index is 0. The van der Waals surface area contributed by atoms with Gasteiger partial charge in [-0.05, 0) is 19.4 Å². The predicted octanol–water partition coefficient (Wildman–Crippen LogP) is -0.415. The molecule has 0 amide bonds. The van der Waals surface area contributed by atoms with Gasteiger partial charge in [-0.25, -0.2) is 0 Å². The van der Waals surface area contributed by atoms with Crippen LogP contribution < -0.4 is 11.5 Å². The third-order valence-electron chi connectivity index (χ3n) is 1.29. The molecular weight excluding hydrogens is 163 g/mol. The molecule has 0 heterocycles. The van der Waals surface area contributed by atoms with Crippen molar-refractivity contribution in [2.45, 2.75) is 25.3 Å². The van der Waals surface area contributed by atoms with Gasteiger partial charge in [-0.3, -0.25) is 4.79 Å². The van der Waals surface area contributed by atoms with Crippen LogP contribution >= 0.6 is 9.90 Å². The van der Waals surface area contributed by atoms with Crippen molar-refractivity contribution in [1.82, 2.24) is 0 Å². The van der Waals surface area contributed by atoms with Crippen molar-refractivity contribution in [3.8, 4) is 0 Å². The summed E-state index contributed by atoms with van der Waals surface area (Å²) in [4.78, 5) is 10.1. The molecule has 1 unspecified atom stereocenters. The van der Waals surface area contributed by atoms with Gasteiger partial charge in [0.2, 0.25) is 0 Å². The normalized spacial score (nSPS) is 11.8. The maximum Gasteiger partial charge on any atom is 0.320 e. The van der Waals surface area contributed by atoms with E-state index in [1.807, 2.05) is 0 Å². The van der Waals surface area contributed by atoms with Crippen LogP contribution in [0.15, 0.2) is 0 Å². The predicted molar refractivity (Wildman–Crippen MR) is 49.6 cm³/mol. The molecule has 0 fully saturated rings. The number of nitrogens with two attached hydrogens (primary N) is 2. The maximum atomic E-state index is 10.1. The van der Waals surface area contributed by atoms with Crippen LogP contribution in [0.1, 0.15) is 19.3 Å².